The molecule has 0 aromatic heterocycles. The first-order chi connectivity index (χ1) is 17.2. The maximum atomic E-state index is 13.1. The molecular weight excluding hydrogens is 464 g/mol. The number of nitrogens with two attached hydrogens (primary N) is 1. The summed E-state index contributed by atoms with van der Waals surface area (Å²) in [5.41, 5.74) is 8.26. The van der Waals surface area contributed by atoms with E-state index in [4.69, 9.17) is 15.6 Å². The first kappa shape index (κ1) is 28.3. The third-order valence-corrected chi connectivity index (χ3v) is 5.43. The zero-order chi connectivity index (χ0) is 26.5. The van der Waals surface area contributed by atoms with Crippen molar-refractivity contribution in [3.05, 3.63) is 65.2 Å². The number of ether oxygens (including phenoxy) is 1. The average Bonchev–Trinajstić information content (AvgIpc) is 2.84. The number of hydrogen-bond donors (Lipinski definition) is 5. The van der Waals surface area contributed by atoms with Gasteiger partial charge in [-0.1, -0.05) is 36.4 Å². The van der Waals surface area contributed by atoms with Crippen LogP contribution in [0.4, 0.5) is 0 Å². The van der Waals surface area contributed by atoms with E-state index >= 15 is 0 Å². The Morgan fingerprint density at radius 2 is 1.72 bits per heavy atom. The van der Waals surface area contributed by atoms with Gasteiger partial charge in [0, 0.05) is 20.0 Å². The summed E-state index contributed by atoms with van der Waals surface area (Å²) in [4.78, 5) is 48.6. The van der Waals surface area contributed by atoms with Crippen molar-refractivity contribution in [1.82, 2.24) is 16.0 Å². The molecule has 10 heteroatoms. The van der Waals surface area contributed by atoms with Crippen LogP contribution in [0.2, 0.25) is 0 Å². The van der Waals surface area contributed by atoms with Crippen molar-refractivity contribution < 1.29 is 29.0 Å². The van der Waals surface area contributed by atoms with Gasteiger partial charge in [-0.3, -0.25) is 19.2 Å². The standard InChI is InChI=1S/C26H34N4O6/c1-17-8-10-21(36-13-12-27)14-20(17)16-28-25(34)22(11-9-19-6-4-3-5-7-19)30-26(35)23(15-24(32)33)29-18(2)31/h3-8,10,14,22-23H,9,11-13,15-16,27H2,1-2H3,(H,28,34)(H,29,31)(H,30,35)(H,32,33). The Labute approximate surface area is 210 Å². The number of carboxylic acid groups (broad SMARTS) is 1. The highest BCUT2D eigenvalue weighted by Gasteiger charge is 2.27. The first-order valence-electron chi connectivity index (χ1n) is 11.7. The Kier molecular flexibility index (Phi) is 11.4. The second-order valence-electron chi connectivity index (χ2n) is 8.38. The normalized spacial score (nSPS) is 12.2. The van der Waals surface area contributed by atoms with Gasteiger partial charge in [0.2, 0.25) is 17.7 Å². The number of aryl methyl sites for hydroxylation is 2. The summed E-state index contributed by atoms with van der Waals surface area (Å²) in [7, 11) is 0. The molecule has 194 valence electrons. The van der Waals surface area contributed by atoms with Crippen molar-refractivity contribution in [3.63, 3.8) is 0 Å². The summed E-state index contributed by atoms with van der Waals surface area (Å²) in [6, 6.07) is 12.8. The molecule has 6 N–H and O–H groups in total. The Hall–Kier alpha value is -3.92. The molecule has 10 nitrogen and oxygen atoms in total. The minimum Gasteiger partial charge on any atom is -0.492 e. The van der Waals surface area contributed by atoms with E-state index in [9.17, 15) is 19.2 Å². The summed E-state index contributed by atoms with van der Waals surface area (Å²) < 4.78 is 5.56. The lowest BCUT2D eigenvalue weighted by atomic mass is 10.0. The monoisotopic (exact) mass is 498 g/mol. The Balaban J connectivity index is 2.14. The molecule has 2 atom stereocenters. The highest BCUT2D eigenvalue weighted by molar-refractivity contribution is 5.93. The third-order valence-electron chi connectivity index (χ3n) is 5.43. The van der Waals surface area contributed by atoms with E-state index in [2.05, 4.69) is 16.0 Å². The molecule has 0 aliphatic heterocycles. The van der Waals surface area contributed by atoms with Crippen LogP contribution in [0.15, 0.2) is 48.5 Å². The largest absolute Gasteiger partial charge is 0.492 e. The van der Waals surface area contributed by atoms with E-state index in [1.54, 1.807) is 0 Å². The van der Waals surface area contributed by atoms with E-state index in [0.29, 0.717) is 25.3 Å². The summed E-state index contributed by atoms with van der Waals surface area (Å²) >= 11 is 0. The van der Waals surface area contributed by atoms with Crippen LogP contribution in [0.25, 0.3) is 0 Å². The van der Waals surface area contributed by atoms with E-state index < -0.39 is 42.2 Å². The van der Waals surface area contributed by atoms with Gasteiger partial charge in [-0.05, 0) is 48.6 Å². The summed E-state index contributed by atoms with van der Waals surface area (Å²) in [5.74, 6) is -2.33. The number of hydrogen-bond acceptors (Lipinski definition) is 6. The van der Waals surface area contributed by atoms with Crippen LogP contribution in [0.5, 0.6) is 5.75 Å². The molecular formula is C26H34N4O6. The van der Waals surface area contributed by atoms with Crippen LogP contribution < -0.4 is 26.4 Å². The number of aliphatic carboxylic acids is 1. The van der Waals surface area contributed by atoms with Gasteiger partial charge in [0.1, 0.15) is 24.4 Å². The first-order valence-corrected chi connectivity index (χ1v) is 11.7. The molecule has 0 saturated carbocycles. The molecule has 0 radical (unpaired) electrons. The van der Waals surface area contributed by atoms with Gasteiger partial charge in [-0.2, -0.15) is 0 Å². The Bertz CT molecular complexity index is 1030. The topological polar surface area (TPSA) is 160 Å². The van der Waals surface area contributed by atoms with Crippen molar-refractivity contribution in [2.45, 2.75) is 51.7 Å². The molecule has 2 aromatic carbocycles. The van der Waals surface area contributed by atoms with Crippen LogP contribution in [0.1, 0.15) is 36.5 Å². The SMILES string of the molecule is CC(=O)NC(CC(=O)O)C(=O)NC(CCc1ccccc1)C(=O)NCc1cc(OCCN)ccc1C. The number of amides is 3. The lowest BCUT2D eigenvalue weighted by Crippen LogP contribution is -2.54. The van der Waals surface area contributed by atoms with E-state index in [1.165, 1.54) is 6.92 Å². The van der Waals surface area contributed by atoms with E-state index in [0.717, 1.165) is 16.7 Å². The second kappa shape index (κ2) is 14.5. The molecule has 0 spiro atoms. The van der Waals surface area contributed by atoms with Crippen molar-refractivity contribution in [2.75, 3.05) is 13.2 Å². The number of nitrogens with one attached hydrogen (secondary N) is 3. The molecule has 0 bridgehead atoms. The van der Waals surface area contributed by atoms with Gasteiger partial charge in [0.25, 0.3) is 0 Å². The van der Waals surface area contributed by atoms with Crippen LogP contribution in [0, 0.1) is 6.92 Å². The van der Waals surface area contributed by atoms with E-state index in [-0.39, 0.29) is 13.0 Å². The van der Waals surface area contributed by atoms with Crippen LogP contribution >= 0.6 is 0 Å². The fourth-order valence-electron chi connectivity index (χ4n) is 3.54. The van der Waals surface area contributed by atoms with Gasteiger partial charge >= 0.3 is 5.97 Å². The summed E-state index contributed by atoms with van der Waals surface area (Å²) in [6.07, 6.45) is 0.178. The molecule has 2 unspecified atom stereocenters. The zero-order valence-corrected chi connectivity index (χ0v) is 20.6. The van der Waals surface area contributed by atoms with Gasteiger partial charge in [0.15, 0.2) is 0 Å². The minimum atomic E-state index is -1.30. The fraction of sp³-hybridized carbons (Fsp3) is 0.385. The maximum Gasteiger partial charge on any atom is 0.305 e. The van der Waals surface area contributed by atoms with Crippen molar-refractivity contribution in [2.24, 2.45) is 5.73 Å². The van der Waals surface area contributed by atoms with Gasteiger partial charge < -0.3 is 31.5 Å². The predicted octanol–water partition coefficient (Wildman–Crippen LogP) is 1.05. The zero-order valence-electron chi connectivity index (χ0n) is 20.6. The van der Waals surface area contributed by atoms with Crippen LogP contribution in [-0.4, -0.2) is 54.0 Å². The molecule has 0 fully saturated rings. The van der Waals surface area contributed by atoms with Crippen molar-refractivity contribution in [1.29, 1.82) is 0 Å². The molecule has 0 aliphatic carbocycles. The lowest BCUT2D eigenvalue weighted by Gasteiger charge is -2.22. The number of benzene rings is 2. The molecule has 2 rings (SSSR count). The Morgan fingerprint density at radius 1 is 1.00 bits per heavy atom. The summed E-state index contributed by atoms with van der Waals surface area (Å²) in [5, 5.41) is 16.9. The number of rotatable bonds is 14. The minimum absolute atomic E-state index is 0.201. The van der Waals surface area contributed by atoms with Gasteiger partial charge in [0.05, 0.1) is 6.42 Å². The van der Waals surface area contributed by atoms with Crippen LogP contribution in [-0.2, 0) is 32.1 Å². The maximum absolute atomic E-state index is 13.1. The number of carbonyl (C=O) groups excluding carboxylic acids is 3. The van der Waals surface area contributed by atoms with Crippen LogP contribution in [0.3, 0.4) is 0 Å². The molecule has 0 aliphatic rings. The van der Waals surface area contributed by atoms with Gasteiger partial charge in [-0.15, -0.1) is 0 Å². The molecule has 36 heavy (non-hydrogen) atoms. The quantitative estimate of drug-likeness (QED) is 0.260. The predicted molar refractivity (Wildman–Crippen MR) is 134 cm³/mol. The molecule has 0 saturated heterocycles. The van der Waals surface area contributed by atoms with Crippen molar-refractivity contribution in [3.8, 4) is 5.75 Å². The molecule has 3 amide bonds. The van der Waals surface area contributed by atoms with Gasteiger partial charge in [-0.25, -0.2) is 0 Å². The highest BCUT2D eigenvalue weighted by Crippen LogP contribution is 2.17. The highest BCUT2D eigenvalue weighted by atomic mass is 16.5. The number of carbonyl (C=O) groups is 4. The lowest BCUT2D eigenvalue weighted by molar-refractivity contribution is -0.140. The third kappa shape index (κ3) is 9.75. The fourth-order valence-corrected chi connectivity index (χ4v) is 3.54. The van der Waals surface area contributed by atoms with E-state index in [1.807, 2.05) is 55.5 Å². The Morgan fingerprint density at radius 3 is 2.36 bits per heavy atom. The molecule has 2 aromatic rings. The molecule has 0 heterocycles. The average molecular weight is 499 g/mol. The van der Waals surface area contributed by atoms with Crippen molar-refractivity contribution >= 4 is 23.7 Å². The second-order valence-corrected chi connectivity index (χ2v) is 8.38. The number of carboxylic acids is 1. The summed E-state index contributed by atoms with van der Waals surface area (Å²) in [6.45, 7) is 4.05. The smallest absolute Gasteiger partial charge is 0.305 e.